The lowest BCUT2D eigenvalue weighted by atomic mass is 10.2. The van der Waals surface area contributed by atoms with Gasteiger partial charge in [-0.1, -0.05) is 24.6 Å². The molecule has 0 spiro atoms. The number of rotatable bonds is 4. The summed E-state index contributed by atoms with van der Waals surface area (Å²) in [6.45, 7) is 3.64. The van der Waals surface area contributed by atoms with E-state index in [1.165, 1.54) is 10.9 Å². The first-order valence-corrected chi connectivity index (χ1v) is 6.46. The normalized spacial score (nSPS) is 10.0. The Labute approximate surface area is 122 Å². The zero-order valence-electron chi connectivity index (χ0n) is 10.9. The van der Waals surface area contributed by atoms with Gasteiger partial charge in [0.2, 0.25) is 0 Å². The van der Waals surface area contributed by atoms with Gasteiger partial charge in [-0.3, -0.25) is 4.57 Å². The highest BCUT2D eigenvalue weighted by Crippen LogP contribution is 2.24. The maximum atomic E-state index is 9.13. The molecule has 1 N–H and O–H groups in total. The molecule has 6 heteroatoms. The van der Waals surface area contributed by atoms with Gasteiger partial charge in [0.15, 0.2) is 11.4 Å². The predicted molar refractivity (Wildman–Crippen MR) is 75.4 cm³/mol. The molecule has 0 aliphatic rings. The molecule has 1 aromatic carbocycles. The molecule has 0 aliphatic heterocycles. The van der Waals surface area contributed by atoms with E-state index in [4.69, 9.17) is 22.1 Å². The Bertz CT molecular complexity index is 705. The van der Waals surface area contributed by atoms with Crippen LogP contribution >= 0.6 is 11.6 Å². The van der Waals surface area contributed by atoms with Gasteiger partial charge < -0.3 is 5.32 Å². The van der Waals surface area contributed by atoms with Crippen LogP contribution in [0.5, 0.6) is 0 Å². The number of benzene rings is 1. The van der Waals surface area contributed by atoms with Gasteiger partial charge in [0, 0.05) is 6.54 Å². The van der Waals surface area contributed by atoms with E-state index < -0.39 is 0 Å². The number of imidazole rings is 1. The number of nitrogens with zero attached hydrogens (tertiary/aromatic N) is 4. The summed E-state index contributed by atoms with van der Waals surface area (Å²) in [5.41, 5.74) is 1.98. The maximum absolute atomic E-state index is 9.13. The first-order valence-electron chi connectivity index (χ1n) is 6.08. The van der Waals surface area contributed by atoms with Crippen molar-refractivity contribution in [2.75, 3.05) is 6.54 Å². The van der Waals surface area contributed by atoms with E-state index in [0.29, 0.717) is 10.7 Å². The molecule has 20 heavy (non-hydrogen) atoms. The van der Waals surface area contributed by atoms with Gasteiger partial charge in [0.25, 0.3) is 0 Å². The van der Waals surface area contributed by atoms with Crippen LogP contribution in [0.3, 0.4) is 0 Å². The van der Waals surface area contributed by atoms with Crippen molar-refractivity contribution in [2.45, 2.75) is 13.5 Å². The largest absolute Gasteiger partial charge is 0.313 e. The van der Waals surface area contributed by atoms with Crippen LogP contribution in [-0.4, -0.2) is 16.1 Å². The second kappa shape index (κ2) is 6.21. The highest BCUT2D eigenvalue weighted by molar-refractivity contribution is 6.32. The number of aromatic nitrogens is 2. The Morgan fingerprint density at radius 2 is 2.15 bits per heavy atom. The SMILES string of the molecule is CCNCc1ccc(-n2cnc(C#N)c2C#N)c(Cl)c1. The molecular weight excluding hydrogens is 274 g/mol. The Hall–Kier alpha value is -2.34. The lowest BCUT2D eigenvalue weighted by Crippen LogP contribution is -2.11. The minimum absolute atomic E-state index is 0.0975. The zero-order chi connectivity index (χ0) is 14.5. The molecule has 0 saturated carbocycles. The molecule has 5 nitrogen and oxygen atoms in total. The van der Waals surface area contributed by atoms with Crippen LogP contribution in [0.25, 0.3) is 5.69 Å². The van der Waals surface area contributed by atoms with Crippen LogP contribution in [-0.2, 0) is 6.54 Å². The summed E-state index contributed by atoms with van der Waals surface area (Å²) in [6, 6.07) is 9.45. The van der Waals surface area contributed by atoms with Crippen molar-refractivity contribution in [3.8, 4) is 17.8 Å². The quantitative estimate of drug-likeness (QED) is 0.935. The number of nitriles is 2. The van der Waals surface area contributed by atoms with E-state index in [1.54, 1.807) is 0 Å². The number of halogens is 1. The monoisotopic (exact) mass is 285 g/mol. The van der Waals surface area contributed by atoms with Crippen LogP contribution in [0.4, 0.5) is 0 Å². The topological polar surface area (TPSA) is 77.4 Å². The van der Waals surface area contributed by atoms with Gasteiger partial charge in [-0.2, -0.15) is 10.5 Å². The lowest BCUT2D eigenvalue weighted by molar-refractivity contribution is 0.726. The van der Waals surface area contributed by atoms with E-state index in [2.05, 4.69) is 10.3 Å². The van der Waals surface area contributed by atoms with Crippen molar-refractivity contribution in [3.05, 3.63) is 46.5 Å². The Morgan fingerprint density at radius 3 is 2.75 bits per heavy atom. The highest BCUT2D eigenvalue weighted by Gasteiger charge is 2.13. The molecule has 0 radical (unpaired) electrons. The average Bonchev–Trinajstić information content (AvgIpc) is 2.87. The van der Waals surface area contributed by atoms with Crippen LogP contribution in [0.15, 0.2) is 24.5 Å². The molecule has 100 valence electrons. The Morgan fingerprint density at radius 1 is 1.35 bits per heavy atom. The van der Waals surface area contributed by atoms with Gasteiger partial charge in [-0.15, -0.1) is 0 Å². The number of nitrogens with one attached hydrogen (secondary N) is 1. The molecule has 0 atom stereocenters. The fourth-order valence-electron chi connectivity index (χ4n) is 1.84. The lowest BCUT2D eigenvalue weighted by Gasteiger charge is -2.09. The summed E-state index contributed by atoms with van der Waals surface area (Å²) in [4.78, 5) is 3.90. The summed E-state index contributed by atoms with van der Waals surface area (Å²) in [6.07, 6.45) is 1.43. The average molecular weight is 286 g/mol. The van der Waals surface area contributed by atoms with Gasteiger partial charge in [-0.25, -0.2) is 4.98 Å². The highest BCUT2D eigenvalue weighted by atomic mass is 35.5. The van der Waals surface area contributed by atoms with Crippen molar-refractivity contribution in [3.63, 3.8) is 0 Å². The fraction of sp³-hybridized carbons (Fsp3) is 0.214. The first-order chi connectivity index (χ1) is 9.71. The third kappa shape index (κ3) is 2.65. The van der Waals surface area contributed by atoms with E-state index in [1.807, 2.05) is 37.3 Å². The molecule has 0 fully saturated rings. The summed E-state index contributed by atoms with van der Waals surface area (Å²) in [5.74, 6) is 0. The zero-order valence-corrected chi connectivity index (χ0v) is 11.6. The van der Waals surface area contributed by atoms with Crippen molar-refractivity contribution in [2.24, 2.45) is 0 Å². The molecule has 0 bridgehead atoms. The van der Waals surface area contributed by atoms with Crippen LogP contribution in [0.1, 0.15) is 23.9 Å². The molecule has 0 saturated heterocycles. The second-order valence-corrected chi connectivity index (χ2v) is 4.51. The number of hydrogen-bond acceptors (Lipinski definition) is 4. The number of hydrogen-bond donors (Lipinski definition) is 1. The van der Waals surface area contributed by atoms with Crippen LogP contribution in [0.2, 0.25) is 5.02 Å². The van der Waals surface area contributed by atoms with E-state index in [0.717, 1.165) is 18.7 Å². The first kappa shape index (κ1) is 14.1. The van der Waals surface area contributed by atoms with Crippen molar-refractivity contribution in [1.29, 1.82) is 10.5 Å². The van der Waals surface area contributed by atoms with Crippen molar-refractivity contribution >= 4 is 11.6 Å². The predicted octanol–water partition coefficient (Wildman–Crippen LogP) is 2.38. The minimum atomic E-state index is 0.0975. The van der Waals surface area contributed by atoms with E-state index >= 15 is 0 Å². The third-order valence-corrected chi connectivity index (χ3v) is 3.13. The third-order valence-electron chi connectivity index (χ3n) is 2.83. The summed E-state index contributed by atoms with van der Waals surface area (Å²) >= 11 is 6.26. The molecule has 1 aromatic heterocycles. The van der Waals surface area contributed by atoms with Crippen molar-refractivity contribution < 1.29 is 0 Å². The standard InChI is InChI=1S/C14H12ClN5/c1-2-18-8-10-3-4-13(11(15)5-10)20-9-19-12(6-16)14(20)7-17/h3-5,9,18H,2,8H2,1H3. The van der Waals surface area contributed by atoms with Gasteiger partial charge in [0.1, 0.15) is 18.5 Å². The molecule has 1 heterocycles. The molecule has 0 amide bonds. The summed E-state index contributed by atoms with van der Waals surface area (Å²) < 4.78 is 1.53. The van der Waals surface area contributed by atoms with Gasteiger partial charge in [-0.05, 0) is 24.2 Å². The van der Waals surface area contributed by atoms with Crippen LogP contribution < -0.4 is 5.32 Å². The fourth-order valence-corrected chi connectivity index (χ4v) is 2.14. The second-order valence-electron chi connectivity index (χ2n) is 4.10. The Kier molecular flexibility index (Phi) is 4.37. The molecule has 0 unspecified atom stereocenters. The van der Waals surface area contributed by atoms with E-state index in [-0.39, 0.29) is 11.4 Å². The van der Waals surface area contributed by atoms with Gasteiger partial charge >= 0.3 is 0 Å². The van der Waals surface area contributed by atoms with Gasteiger partial charge in [0.05, 0.1) is 10.7 Å². The van der Waals surface area contributed by atoms with E-state index in [9.17, 15) is 0 Å². The Balaban J connectivity index is 2.42. The van der Waals surface area contributed by atoms with Crippen molar-refractivity contribution in [1.82, 2.24) is 14.9 Å². The molecule has 0 aliphatic carbocycles. The minimum Gasteiger partial charge on any atom is -0.313 e. The molecular formula is C14H12ClN5. The maximum Gasteiger partial charge on any atom is 0.177 e. The summed E-state index contributed by atoms with van der Waals surface area (Å²) in [7, 11) is 0. The smallest absolute Gasteiger partial charge is 0.177 e. The molecule has 2 aromatic rings. The van der Waals surface area contributed by atoms with Crippen LogP contribution in [0, 0.1) is 22.7 Å². The summed E-state index contributed by atoms with van der Waals surface area (Å²) in [5, 5.41) is 21.8. The molecule has 2 rings (SSSR count).